The van der Waals surface area contributed by atoms with E-state index in [2.05, 4.69) is 15.1 Å². The maximum Gasteiger partial charge on any atom is 0.240 e. The van der Waals surface area contributed by atoms with E-state index in [0.717, 1.165) is 28.8 Å². The molecule has 152 valence electrons. The highest BCUT2D eigenvalue weighted by atomic mass is 16.2. The minimum Gasteiger partial charge on any atom is -0.336 e. The molecule has 0 saturated carbocycles. The fraction of sp³-hybridized carbons (Fsp3) is 0.304. The van der Waals surface area contributed by atoms with Gasteiger partial charge in [-0.2, -0.15) is 5.10 Å². The van der Waals surface area contributed by atoms with E-state index in [9.17, 15) is 4.79 Å². The van der Waals surface area contributed by atoms with E-state index in [-0.39, 0.29) is 5.91 Å². The van der Waals surface area contributed by atoms with Crippen molar-refractivity contribution in [2.45, 2.75) is 19.0 Å². The van der Waals surface area contributed by atoms with E-state index in [1.165, 1.54) is 0 Å². The van der Waals surface area contributed by atoms with E-state index >= 15 is 0 Å². The predicted octanol–water partition coefficient (Wildman–Crippen LogP) is 2.54. The minimum atomic E-state index is -0.569. The second-order valence-corrected chi connectivity index (χ2v) is 7.54. The van der Waals surface area contributed by atoms with E-state index in [1.807, 2.05) is 79.8 Å². The van der Waals surface area contributed by atoms with Gasteiger partial charge in [-0.3, -0.25) is 9.89 Å². The molecule has 1 aromatic heterocycles. The summed E-state index contributed by atoms with van der Waals surface area (Å²) >= 11 is 0. The Morgan fingerprint density at radius 2 is 1.72 bits per heavy atom. The largest absolute Gasteiger partial charge is 0.336 e. The van der Waals surface area contributed by atoms with E-state index < -0.39 is 6.04 Å². The quantitative estimate of drug-likeness (QED) is 0.588. The number of hydrogen-bond acceptors (Lipinski definition) is 4. The second-order valence-electron chi connectivity index (χ2n) is 7.54. The molecule has 1 heterocycles. The molecule has 0 fully saturated rings. The lowest BCUT2D eigenvalue weighted by atomic mass is 10.0. The molecule has 0 radical (unpaired) electrons. The normalized spacial score (nSPS) is 12.1. The average molecular weight is 392 g/mol. The highest BCUT2D eigenvalue weighted by Gasteiger charge is 2.21. The first-order valence-corrected chi connectivity index (χ1v) is 9.84. The summed E-state index contributed by atoms with van der Waals surface area (Å²) in [4.78, 5) is 17.0. The van der Waals surface area contributed by atoms with Crippen molar-refractivity contribution in [3.63, 3.8) is 0 Å². The maximum atomic E-state index is 13.1. The Bertz CT molecular complexity index is 875. The van der Waals surface area contributed by atoms with Gasteiger partial charge in [0, 0.05) is 31.4 Å². The molecule has 0 bridgehead atoms. The third kappa shape index (κ3) is 6.01. The van der Waals surface area contributed by atoms with E-state index in [4.69, 9.17) is 5.73 Å². The number of aromatic amines is 1. The van der Waals surface area contributed by atoms with E-state index in [0.29, 0.717) is 19.5 Å². The smallest absolute Gasteiger partial charge is 0.240 e. The Labute approximate surface area is 172 Å². The zero-order valence-corrected chi connectivity index (χ0v) is 17.1. The van der Waals surface area contributed by atoms with Gasteiger partial charge in [-0.05, 0) is 37.2 Å². The van der Waals surface area contributed by atoms with Gasteiger partial charge in [0.1, 0.15) is 0 Å². The average Bonchev–Trinajstić information content (AvgIpc) is 3.26. The third-order valence-electron chi connectivity index (χ3n) is 4.90. The molecule has 3 aromatic rings. The standard InChI is InChI=1S/C23H29N5O/c1-27(2)12-13-28(17-19-6-4-3-5-7-19)23(29)22(24)14-18-8-10-20(11-9-18)21-15-25-26-16-21/h3-11,15-16,22H,12-14,17,24H2,1-2H3,(H,25,26)/t22-/m1/s1. The van der Waals surface area contributed by atoms with Crippen LogP contribution >= 0.6 is 0 Å². The van der Waals surface area contributed by atoms with Gasteiger partial charge in [0.15, 0.2) is 0 Å². The number of carbonyl (C=O) groups excluding carboxylic acids is 1. The van der Waals surface area contributed by atoms with Crippen molar-refractivity contribution in [1.82, 2.24) is 20.0 Å². The van der Waals surface area contributed by atoms with Gasteiger partial charge in [0.25, 0.3) is 0 Å². The number of aromatic nitrogens is 2. The summed E-state index contributed by atoms with van der Waals surface area (Å²) in [6, 6.07) is 17.6. The summed E-state index contributed by atoms with van der Waals surface area (Å²) in [5, 5.41) is 6.80. The molecule has 6 nitrogen and oxygen atoms in total. The molecule has 3 rings (SSSR count). The van der Waals surface area contributed by atoms with Gasteiger partial charge in [0.05, 0.1) is 12.2 Å². The molecule has 1 amide bonds. The first-order chi connectivity index (χ1) is 14.0. The van der Waals surface area contributed by atoms with Crippen LogP contribution < -0.4 is 5.73 Å². The van der Waals surface area contributed by atoms with E-state index in [1.54, 1.807) is 6.20 Å². The molecule has 0 aliphatic carbocycles. The van der Waals surface area contributed by atoms with Gasteiger partial charge >= 0.3 is 0 Å². The molecular weight excluding hydrogens is 362 g/mol. The molecule has 0 aliphatic heterocycles. The zero-order chi connectivity index (χ0) is 20.6. The third-order valence-corrected chi connectivity index (χ3v) is 4.90. The van der Waals surface area contributed by atoms with Crippen molar-refractivity contribution >= 4 is 5.91 Å². The molecule has 3 N–H and O–H groups in total. The predicted molar refractivity (Wildman–Crippen MR) is 116 cm³/mol. The molecule has 29 heavy (non-hydrogen) atoms. The van der Waals surface area contributed by atoms with Gasteiger partial charge in [-0.1, -0.05) is 54.6 Å². The molecule has 0 saturated heterocycles. The molecule has 0 spiro atoms. The zero-order valence-electron chi connectivity index (χ0n) is 17.1. The van der Waals surface area contributed by atoms with Crippen LogP contribution in [-0.2, 0) is 17.8 Å². The van der Waals surface area contributed by atoms with Crippen molar-refractivity contribution in [1.29, 1.82) is 0 Å². The number of nitrogens with zero attached hydrogens (tertiary/aromatic N) is 3. The van der Waals surface area contributed by atoms with Gasteiger partial charge in [-0.15, -0.1) is 0 Å². The van der Waals surface area contributed by atoms with Crippen LogP contribution in [0.2, 0.25) is 0 Å². The fourth-order valence-electron chi connectivity index (χ4n) is 3.21. The van der Waals surface area contributed by atoms with Crippen molar-refractivity contribution in [3.05, 3.63) is 78.1 Å². The summed E-state index contributed by atoms with van der Waals surface area (Å²) in [5.74, 6) is -0.0189. The number of carbonyl (C=O) groups is 1. The maximum absolute atomic E-state index is 13.1. The first kappa shape index (κ1) is 20.8. The Balaban J connectivity index is 1.65. The lowest BCUT2D eigenvalue weighted by Gasteiger charge is -2.27. The number of amides is 1. The summed E-state index contributed by atoms with van der Waals surface area (Å²) in [6.07, 6.45) is 4.16. The van der Waals surface area contributed by atoms with Crippen LogP contribution in [0.25, 0.3) is 11.1 Å². The van der Waals surface area contributed by atoms with Gasteiger partial charge < -0.3 is 15.5 Å². The highest BCUT2D eigenvalue weighted by molar-refractivity contribution is 5.82. The molecular formula is C23H29N5O. The number of rotatable bonds is 9. The number of likely N-dealkylation sites (N-methyl/N-ethyl adjacent to an activating group) is 1. The summed E-state index contributed by atoms with van der Waals surface area (Å²) in [6.45, 7) is 2.01. The van der Waals surface area contributed by atoms with Crippen LogP contribution in [0, 0.1) is 0 Å². The molecule has 0 unspecified atom stereocenters. The molecule has 1 atom stereocenters. The number of benzene rings is 2. The number of H-pyrrole nitrogens is 1. The topological polar surface area (TPSA) is 78.2 Å². The van der Waals surface area contributed by atoms with Gasteiger partial charge in [-0.25, -0.2) is 0 Å². The Morgan fingerprint density at radius 3 is 2.34 bits per heavy atom. The summed E-state index contributed by atoms with van der Waals surface area (Å²) < 4.78 is 0. The number of nitrogens with one attached hydrogen (secondary N) is 1. The van der Waals surface area contributed by atoms with Crippen LogP contribution in [0.5, 0.6) is 0 Å². The lowest BCUT2D eigenvalue weighted by Crippen LogP contribution is -2.46. The van der Waals surface area contributed by atoms with Crippen molar-refractivity contribution in [2.24, 2.45) is 5.73 Å². The van der Waals surface area contributed by atoms with Gasteiger partial charge in [0.2, 0.25) is 5.91 Å². The van der Waals surface area contributed by atoms with Crippen molar-refractivity contribution < 1.29 is 4.79 Å². The van der Waals surface area contributed by atoms with Crippen molar-refractivity contribution in [3.8, 4) is 11.1 Å². The number of nitrogens with two attached hydrogens (primary N) is 1. The van der Waals surface area contributed by atoms with Crippen LogP contribution in [-0.4, -0.2) is 59.1 Å². The summed E-state index contributed by atoms with van der Waals surface area (Å²) in [5.41, 5.74) is 10.6. The van der Waals surface area contributed by atoms with Crippen LogP contribution in [0.4, 0.5) is 0 Å². The fourth-order valence-corrected chi connectivity index (χ4v) is 3.21. The van der Waals surface area contributed by atoms with Crippen LogP contribution in [0.1, 0.15) is 11.1 Å². The number of hydrogen-bond donors (Lipinski definition) is 2. The molecule has 6 heteroatoms. The lowest BCUT2D eigenvalue weighted by molar-refractivity contribution is -0.133. The molecule has 0 aliphatic rings. The summed E-state index contributed by atoms with van der Waals surface area (Å²) in [7, 11) is 4.01. The van der Waals surface area contributed by atoms with Crippen molar-refractivity contribution in [2.75, 3.05) is 27.2 Å². The first-order valence-electron chi connectivity index (χ1n) is 9.84. The Hall–Kier alpha value is -2.96. The Morgan fingerprint density at radius 1 is 1.00 bits per heavy atom. The Kier molecular flexibility index (Phi) is 7.16. The van der Waals surface area contributed by atoms with Crippen LogP contribution in [0.15, 0.2) is 67.0 Å². The highest BCUT2D eigenvalue weighted by Crippen LogP contribution is 2.18. The minimum absolute atomic E-state index is 0.0189. The monoisotopic (exact) mass is 391 g/mol. The second kappa shape index (κ2) is 10.0. The molecule has 2 aromatic carbocycles. The van der Waals surface area contributed by atoms with Crippen LogP contribution in [0.3, 0.4) is 0 Å². The SMILES string of the molecule is CN(C)CCN(Cc1ccccc1)C(=O)[C@H](N)Cc1ccc(-c2cn[nH]c2)cc1.